The van der Waals surface area contributed by atoms with Crippen molar-refractivity contribution < 1.29 is 9.53 Å². The van der Waals surface area contributed by atoms with Gasteiger partial charge in [0.05, 0.1) is 7.11 Å². The fourth-order valence-electron chi connectivity index (χ4n) is 2.09. The predicted octanol–water partition coefficient (Wildman–Crippen LogP) is 2.42. The molecule has 1 unspecified atom stereocenters. The molecule has 0 saturated carbocycles. The van der Waals surface area contributed by atoms with Crippen LogP contribution in [0.4, 0.5) is 0 Å². The van der Waals surface area contributed by atoms with Gasteiger partial charge in [-0.3, -0.25) is 4.79 Å². The summed E-state index contributed by atoms with van der Waals surface area (Å²) >= 11 is 3.49. The maximum atomic E-state index is 12.2. The molecule has 0 bridgehead atoms. The van der Waals surface area contributed by atoms with Crippen LogP contribution in [0.2, 0.25) is 0 Å². The number of hydrogen-bond donors (Lipinski definition) is 1. The van der Waals surface area contributed by atoms with Gasteiger partial charge in [-0.05, 0) is 42.8 Å². The SMILES string of the molecule is COc1ccc(Br)c(CC(=O)C(C)C2CNC2)c1. The zero-order valence-electron chi connectivity index (χ0n) is 10.7. The lowest BCUT2D eigenvalue weighted by atomic mass is 9.84. The standard InChI is InChI=1S/C14H18BrNO2/c1-9(11-7-16-8-11)14(17)6-10-5-12(18-2)3-4-13(10)15/h3-5,9,11,16H,6-8H2,1-2H3. The number of halogens is 1. The third kappa shape index (κ3) is 2.93. The fourth-order valence-corrected chi connectivity index (χ4v) is 2.48. The minimum atomic E-state index is 0.129. The lowest BCUT2D eigenvalue weighted by Gasteiger charge is -2.31. The monoisotopic (exact) mass is 311 g/mol. The number of rotatable bonds is 5. The predicted molar refractivity (Wildman–Crippen MR) is 74.9 cm³/mol. The molecule has 0 aromatic heterocycles. The maximum absolute atomic E-state index is 12.2. The van der Waals surface area contributed by atoms with Crippen LogP contribution in [0.1, 0.15) is 12.5 Å². The molecule has 1 fully saturated rings. The number of Topliss-reactive ketones (excluding diaryl/α,β-unsaturated/α-hetero) is 1. The Kier molecular flexibility index (Phi) is 4.40. The van der Waals surface area contributed by atoms with Crippen LogP contribution >= 0.6 is 15.9 Å². The Labute approximate surface area is 116 Å². The number of ketones is 1. The van der Waals surface area contributed by atoms with Crippen molar-refractivity contribution in [2.45, 2.75) is 13.3 Å². The van der Waals surface area contributed by atoms with Crippen LogP contribution in [-0.4, -0.2) is 26.0 Å². The number of methoxy groups -OCH3 is 1. The average molecular weight is 312 g/mol. The highest BCUT2D eigenvalue weighted by Gasteiger charge is 2.28. The first kappa shape index (κ1) is 13.6. The van der Waals surface area contributed by atoms with Gasteiger partial charge in [0.2, 0.25) is 0 Å². The van der Waals surface area contributed by atoms with E-state index in [1.807, 2.05) is 25.1 Å². The molecule has 3 nitrogen and oxygen atoms in total. The van der Waals surface area contributed by atoms with E-state index >= 15 is 0 Å². The van der Waals surface area contributed by atoms with Crippen molar-refractivity contribution in [3.63, 3.8) is 0 Å². The zero-order chi connectivity index (χ0) is 13.1. The summed E-state index contributed by atoms with van der Waals surface area (Å²) in [6.07, 6.45) is 0.468. The van der Waals surface area contributed by atoms with Gasteiger partial charge in [-0.15, -0.1) is 0 Å². The van der Waals surface area contributed by atoms with Crippen LogP contribution < -0.4 is 10.1 Å². The van der Waals surface area contributed by atoms with Crippen LogP contribution in [0.25, 0.3) is 0 Å². The summed E-state index contributed by atoms with van der Waals surface area (Å²) in [6, 6.07) is 5.74. The summed E-state index contributed by atoms with van der Waals surface area (Å²) in [5, 5.41) is 3.21. The lowest BCUT2D eigenvalue weighted by Crippen LogP contribution is -2.47. The molecule has 1 saturated heterocycles. The minimum absolute atomic E-state index is 0.129. The number of nitrogens with one attached hydrogen (secondary N) is 1. The molecule has 1 aromatic carbocycles. The first-order chi connectivity index (χ1) is 8.61. The highest BCUT2D eigenvalue weighted by Crippen LogP contribution is 2.25. The summed E-state index contributed by atoms with van der Waals surface area (Å²) in [7, 11) is 1.64. The molecule has 1 aromatic rings. The van der Waals surface area contributed by atoms with Crippen LogP contribution in [0, 0.1) is 11.8 Å². The molecule has 2 rings (SSSR count). The zero-order valence-corrected chi connectivity index (χ0v) is 12.3. The number of benzene rings is 1. The molecule has 1 aliphatic rings. The Morgan fingerprint density at radius 2 is 2.28 bits per heavy atom. The number of carbonyl (C=O) groups excluding carboxylic acids is 1. The van der Waals surface area contributed by atoms with Crippen molar-refractivity contribution >= 4 is 21.7 Å². The number of hydrogen-bond acceptors (Lipinski definition) is 3. The quantitative estimate of drug-likeness (QED) is 0.907. The molecule has 1 N–H and O–H groups in total. The highest BCUT2D eigenvalue weighted by atomic mass is 79.9. The molecular weight excluding hydrogens is 294 g/mol. The van der Waals surface area contributed by atoms with E-state index in [9.17, 15) is 4.79 Å². The van der Waals surface area contributed by atoms with Crippen molar-refractivity contribution in [1.29, 1.82) is 0 Å². The van der Waals surface area contributed by atoms with Gasteiger partial charge in [-0.2, -0.15) is 0 Å². The van der Waals surface area contributed by atoms with Gasteiger partial charge in [0, 0.05) is 16.8 Å². The smallest absolute Gasteiger partial charge is 0.140 e. The molecule has 0 radical (unpaired) electrons. The van der Waals surface area contributed by atoms with Gasteiger partial charge in [-0.1, -0.05) is 22.9 Å². The van der Waals surface area contributed by atoms with Gasteiger partial charge >= 0.3 is 0 Å². The van der Waals surface area contributed by atoms with Crippen molar-refractivity contribution in [3.05, 3.63) is 28.2 Å². The normalized spacial score (nSPS) is 17.1. The first-order valence-electron chi connectivity index (χ1n) is 6.17. The summed E-state index contributed by atoms with van der Waals surface area (Å²) in [6.45, 7) is 3.96. The Morgan fingerprint density at radius 3 is 2.83 bits per heavy atom. The van der Waals surface area contributed by atoms with Gasteiger partial charge < -0.3 is 10.1 Å². The second-order valence-electron chi connectivity index (χ2n) is 4.81. The number of ether oxygens (including phenoxy) is 1. The average Bonchev–Trinajstić information content (AvgIpc) is 2.29. The van der Waals surface area contributed by atoms with Crippen LogP contribution in [0.5, 0.6) is 5.75 Å². The molecule has 4 heteroatoms. The Morgan fingerprint density at radius 1 is 1.56 bits per heavy atom. The molecule has 1 heterocycles. The van der Waals surface area contributed by atoms with E-state index < -0.39 is 0 Å². The third-order valence-electron chi connectivity index (χ3n) is 3.65. The van der Waals surface area contributed by atoms with E-state index in [-0.39, 0.29) is 5.92 Å². The largest absolute Gasteiger partial charge is 0.497 e. The summed E-state index contributed by atoms with van der Waals surface area (Å²) in [5.74, 6) is 1.72. The Hall–Kier alpha value is -0.870. The van der Waals surface area contributed by atoms with E-state index in [0.717, 1.165) is 28.9 Å². The van der Waals surface area contributed by atoms with Crippen LogP contribution in [0.15, 0.2) is 22.7 Å². The molecule has 98 valence electrons. The van der Waals surface area contributed by atoms with Crippen molar-refractivity contribution in [1.82, 2.24) is 5.32 Å². The van der Waals surface area contributed by atoms with E-state index in [4.69, 9.17) is 4.74 Å². The van der Waals surface area contributed by atoms with Crippen molar-refractivity contribution in [3.8, 4) is 5.75 Å². The topological polar surface area (TPSA) is 38.3 Å². The van der Waals surface area contributed by atoms with E-state index in [1.165, 1.54) is 0 Å². The summed E-state index contributed by atoms with van der Waals surface area (Å²) < 4.78 is 6.16. The van der Waals surface area contributed by atoms with Crippen molar-refractivity contribution in [2.24, 2.45) is 11.8 Å². The lowest BCUT2D eigenvalue weighted by molar-refractivity contribution is -0.123. The Bertz CT molecular complexity index is 443. The van der Waals surface area contributed by atoms with Crippen LogP contribution in [0.3, 0.4) is 0 Å². The second-order valence-corrected chi connectivity index (χ2v) is 5.66. The molecule has 1 atom stereocenters. The van der Waals surface area contributed by atoms with E-state index in [2.05, 4.69) is 21.2 Å². The summed E-state index contributed by atoms with van der Waals surface area (Å²) in [5.41, 5.74) is 0.999. The minimum Gasteiger partial charge on any atom is -0.497 e. The van der Waals surface area contributed by atoms with E-state index in [1.54, 1.807) is 7.11 Å². The maximum Gasteiger partial charge on any atom is 0.140 e. The summed E-state index contributed by atoms with van der Waals surface area (Å²) in [4.78, 5) is 12.2. The fraction of sp³-hybridized carbons (Fsp3) is 0.500. The van der Waals surface area contributed by atoms with Crippen molar-refractivity contribution in [2.75, 3.05) is 20.2 Å². The molecule has 18 heavy (non-hydrogen) atoms. The number of carbonyl (C=O) groups is 1. The molecular formula is C14H18BrNO2. The molecule has 0 amide bonds. The van der Waals surface area contributed by atoms with Gasteiger partial charge in [0.1, 0.15) is 11.5 Å². The Balaban J connectivity index is 2.05. The van der Waals surface area contributed by atoms with Gasteiger partial charge in [0.15, 0.2) is 0 Å². The molecule has 0 aliphatic carbocycles. The van der Waals surface area contributed by atoms with Gasteiger partial charge in [-0.25, -0.2) is 0 Å². The van der Waals surface area contributed by atoms with Crippen LogP contribution in [-0.2, 0) is 11.2 Å². The highest BCUT2D eigenvalue weighted by molar-refractivity contribution is 9.10. The molecule has 0 spiro atoms. The second kappa shape index (κ2) is 5.85. The third-order valence-corrected chi connectivity index (χ3v) is 4.42. The first-order valence-corrected chi connectivity index (χ1v) is 6.97. The molecule has 1 aliphatic heterocycles. The van der Waals surface area contributed by atoms with Gasteiger partial charge in [0.25, 0.3) is 0 Å². The van der Waals surface area contributed by atoms with E-state index in [0.29, 0.717) is 18.1 Å².